The van der Waals surface area contributed by atoms with E-state index in [1.807, 2.05) is 10.7 Å². The number of unbranched alkanes of at least 4 members (excludes halogenated alkanes) is 1. The van der Waals surface area contributed by atoms with E-state index in [1.165, 1.54) is 18.2 Å². The summed E-state index contributed by atoms with van der Waals surface area (Å²) in [5.41, 5.74) is 0.832. The molecule has 0 aliphatic heterocycles. The van der Waals surface area contributed by atoms with Gasteiger partial charge in [0, 0.05) is 6.54 Å². The standard InChI is InChI=1S/C10H15N5S/c1-3-4-5-12-9-14-10(16-2)13-8-6-11-7-15(8)9/h6-7H,3-5H2,1-2H3,(H,12,13,14). The van der Waals surface area contributed by atoms with Crippen molar-refractivity contribution in [1.82, 2.24) is 19.4 Å². The van der Waals surface area contributed by atoms with E-state index in [4.69, 9.17) is 0 Å². The van der Waals surface area contributed by atoms with Gasteiger partial charge >= 0.3 is 0 Å². The Morgan fingerprint density at radius 2 is 2.31 bits per heavy atom. The molecule has 2 aromatic heterocycles. The van der Waals surface area contributed by atoms with Crippen LogP contribution in [0.2, 0.25) is 0 Å². The predicted octanol–water partition coefficient (Wildman–Crippen LogP) is 2.06. The van der Waals surface area contributed by atoms with E-state index < -0.39 is 0 Å². The van der Waals surface area contributed by atoms with Crippen LogP contribution < -0.4 is 5.32 Å². The highest BCUT2D eigenvalue weighted by Crippen LogP contribution is 2.14. The minimum Gasteiger partial charge on any atom is -0.355 e. The Labute approximate surface area is 98.7 Å². The molecule has 0 fully saturated rings. The van der Waals surface area contributed by atoms with Gasteiger partial charge in [0.2, 0.25) is 5.95 Å². The van der Waals surface area contributed by atoms with Crippen LogP contribution in [0.3, 0.4) is 0 Å². The number of aromatic nitrogens is 4. The van der Waals surface area contributed by atoms with Crippen LogP contribution in [-0.4, -0.2) is 32.2 Å². The number of rotatable bonds is 5. The maximum Gasteiger partial charge on any atom is 0.212 e. The normalized spacial score (nSPS) is 10.9. The zero-order chi connectivity index (χ0) is 11.4. The molecule has 0 spiro atoms. The Bertz CT molecular complexity index is 467. The lowest BCUT2D eigenvalue weighted by atomic mass is 10.3. The fourth-order valence-corrected chi connectivity index (χ4v) is 1.76. The van der Waals surface area contributed by atoms with E-state index >= 15 is 0 Å². The SMILES string of the molecule is CCCCNc1nc(SC)nc2cncn12. The molecular formula is C10H15N5S. The van der Waals surface area contributed by atoms with E-state index in [2.05, 4.69) is 27.2 Å². The summed E-state index contributed by atoms with van der Waals surface area (Å²) in [5.74, 6) is 0.820. The Hall–Kier alpha value is -1.30. The molecule has 0 unspecified atom stereocenters. The van der Waals surface area contributed by atoms with Gasteiger partial charge in [-0.1, -0.05) is 25.1 Å². The first-order chi connectivity index (χ1) is 7.85. The first-order valence-corrected chi connectivity index (χ1v) is 6.55. The topological polar surface area (TPSA) is 55.1 Å². The number of nitrogens with zero attached hydrogens (tertiary/aromatic N) is 4. The highest BCUT2D eigenvalue weighted by Gasteiger charge is 2.05. The summed E-state index contributed by atoms with van der Waals surface area (Å²) < 4.78 is 1.87. The molecule has 5 nitrogen and oxygen atoms in total. The van der Waals surface area contributed by atoms with E-state index in [-0.39, 0.29) is 0 Å². The van der Waals surface area contributed by atoms with Gasteiger partial charge in [0.25, 0.3) is 0 Å². The molecule has 2 aromatic rings. The van der Waals surface area contributed by atoms with Crippen molar-refractivity contribution in [2.75, 3.05) is 18.1 Å². The first kappa shape index (κ1) is 11.2. The van der Waals surface area contributed by atoms with Gasteiger partial charge in [-0.05, 0) is 12.7 Å². The van der Waals surface area contributed by atoms with Crippen LogP contribution in [0.25, 0.3) is 5.65 Å². The second-order valence-electron chi connectivity index (χ2n) is 3.44. The van der Waals surface area contributed by atoms with Crippen LogP contribution in [0.4, 0.5) is 5.95 Å². The van der Waals surface area contributed by atoms with E-state index in [9.17, 15) is 0 Å². The number of nitrogens with one attached hydrogen (secondary N) is 1. The monoisotopic (exact) mass is 237 g/mol. The average molecular weight is 237 g/mol. The fourth-order valence-electron chi connectivity index (χ4n) is 1.39. The van der Waals surface area contributed by atoms with Crippen molar-refractivity contribution in [3.63, 3.8) is 0 Å². The molecule has 0 aliphatic carbocycles. The van der Waals surface area contributed by atoms with Crippen molar-refractivity contribution >= 4 is 23.4 Å². The Morgan fingerprint density at radius 1 is 1.44 bits per heavy atom. The van der Waals surface area contributed by atoms with Crippen molar-refractivity contribution in [2.45, 2.75) is 24.9 Å². The number of anilines is 1. The summed E-state index contributed by atoms with van der Waals surface area (Å²) in [6, 6.07) is 0. The second-order valence-corrected chi connectivity index (χ2v) is 4.21. The van der Waals surface area contributed by atoms with Crippen LogP contribution in [-0.2, 0) is 0 Å². The van der Waals surface area contributed by atoms with Gasteiger partial charge in [0.15, 0.2) is 10.8 Å². The Kier molecular flexibility index (Phi) is 3.61. The zero-order valence-electron chi connectivity index (χ0n) is 9.47. The van der Waals surface area contributed by atoms with Crippen molar-refractivity contribution in [3.8, 4) is 0 Å². The number of imidazole rings is 1. The molecule has 0 atom stereocenters. The minimum absolute atomic E-state index is 0.770. The largest absolute Gasteiger partial charge is 0.355 e. The summed E-state index contributed by atoms with van der Waals surface area (Å²) in [6.45, 7) is 3.09. The molecule has 6 heteroatoms. The molecule has 0 aliphatic rings. The number of fused-ring (bicyclic) bond motifs is 1. The van der Waals surface area contributed by atoms with Gasteiger partial charge < -0.3 is 5.32 Å². The third-order valence-electron chi connectivity index (χ3n) is 2.25. The zero-order valence-corrected chi connectivity index (χ0v) is 10.3. The summed E-state index contributed by atoms with van der Waals surface area (Å²) in [5, 5.41) is 4.08. The van der Waals surface area contributed by atoms with Gasteiger partial charge in [-0.2, -0.15) is 4.98 Å². The van der Waals surface area contributed by atoms with Crippen LogP contribution in [0.1, 0.15) is 19.8 Å². The number of thioether (sulfide) groups is 1. The summed E-state index contributed by atoms with van der Waals surface area (Å²) in [6.07, 6.45) is 7.74. The quantitative estimate of drug-likeness (QED) is 0.637. The summed E-state index contributed by atoms with van der Waals surface area (Å²) >= 11 is 1.54. The third kappa shape index (κ3) is 2.27. The first-order valence-electron chi connectivity index (χ1n) is 5.33. The van der Waals surface area contributed by atoms with Gasteiger partial charge in [-0.25, -0.2) is 9.97 Å². The minimum atomic E-state index is 0.770. The van der Waals surface area contributed by atoms with Crippen molar-refractivity contribution < 1.29 is 0 Å². The van der Waals surface area contributed by atoms with Gasteiger partial charge in [0.05, 0.1) is 6.20 Å². The van der Waals surface area contributed by atoms with Crippen LogP contribution in [0.15, 0.2) is 17.7 Å². The smallest absolute Gasteiger partial charge is 0.212 e. The summed E-state index contributed by atoms with van der Waals surface area (Å²) in [7, 11) is 0. The number of hydrogen-bond acceptors (Lipinski definition) is 5. The maximum absolute atomic E-state index is 4.43. The van der Waals surface area contributed by atoms with Gasteiger partial charge in [-0.3, -0.25) is 4.40 Å². The van der Waals surface area contributed by atoms with E-state index in [0.717, 1.165) is 29.7 Å². The highest BCUT2D eigenvalue weighted by atomic mass is 32.2. The van der Waals surface area contributed by atoms with Crippen LogP contribution in [0, 0.1) is 0 Å². The molecule has 16 heavy (non-hydrogen) atoms. The average Bonchev–Trinajstić information content (AvgIpc) is 2.77. The summed E-state index contributed by atoms with van der Waals surface area (Å²) in [4.78, 5) is 12.9. The molecule has 0 radical (unpaired) electrons. The lowest BCUT2D eigenvalue weighted by Gasteiger charge is -2.07. The molecule has 0 saturated heterocycles. The van der Waals surface area contributed by atoms with Crippen molar-refractivity contribution in [2.24, 2.45) is 0 Å². The Morgan fingerprint density at radius 3 is 3.06 bits per heavy atom. The Balaban J connectivity index is 2.29. The van der Waals surface area contributed by atoms with Crippen LogP contribution in [0.5, 0.6) is 0 Å². The molecule has 2 heterocycles. The highest BCUT2D eigenvalue weighted by molar-refractivity contribution is 7.98. The maximum atomic E-state index is 4.43. The number of hydrogen-bond donors (Lipinski definition) is 1. The molecule has 1 N–H and O–H groups in total. The third-order valence-corrected chi connectivity index (χ3v) is 2.80. The lowest BCUT2D eigenvalue weighted by Crippen LogP contribution is -2.09. The molecule has 0 aromatic carbocycles. The predicted molar refractivity (Wildman–Crippen MR) is 66.0 cm³/mol. The fraction of sp³-hybridized carbons (Fsp3) is 0.500. The van der Waals surface area contributed by atoms with Crippen molar-refractivity contribution in [1.29, 1.82) is 0 Å². The molecule has 0 bridgehead atoms. The second kappa shape index (κ2) is 5.16. The lowest BCUT2D eigenvalue weighted by molar-refractivity contribution is 0.811. The van der Waals surface area contributed by atoms with Gasteiger partial charge in [-0.15, -0.1) is 0 Å². The van der Waals surface area contributed by atoms with Gasteiger partial charge in [0.1, 0.15) is 6.33 Å². The van der Waals surface area contributed by atoms with Crippen molar-refractivity contribution in [3.05, 3.63) is 12.5 Å². The van der Waals surface area contributed by atoms with E-state index in [1.54, 1.807) is 12.5 Å². The van der Waals surface area contributed by atoms with Crippen LogP contribution >= 0.6 is 11.8 Å². The molecule has 0 amide bonds. The molecule has 0 saturated carbocycles. The van der Waals surface area contributed by atoms with E-state index in [0.29, 0.717) is 0 Å². The molecule has 2 rings (SSSR count). The molecular weight excluding hydrogens is 222 g/mol. The molecule has 86 valence electrons.